The summed E-state index contributed by atoms with van der Waals surface area (Å²) < 4.78 is 25.2. The largest absolute Gasteiger partial charge is 0.489 e. The van der Waals surface area contributed by atoms with Gasteiger partial charge in [-0.3, -0.25) is 9.59 Å². The molecule has 10 nitrogen and oxygen atoms in total. The van der Waals surface area contributed by atoms with E-state index in [0.29, 0.717) is 60.0 Å². The summed E-state index contributed by atoms with van der Waals surface area (Å²) in [5.41, 5.74) is 1.50. The molecule has 40 heavy (non-hydrogen) atoms. The number of benzene rings is 2. The molecule has 0 saturated heterocycles. The van der Waals surface area contributed by atoms with Gasteiger partial charge >= 0.3 is 5.97 Å². The molecule has 3 N–H and O–H groups in total. The zero-order valence-electron chi connectivity index (χ0n) is 22.5. The number of nitrogens with zero attached hydrogens (tertiary/aromatic N) is 3. The molecule has 1 amide bonds. The summed E-state index contributed by atoms with van der Waals surface area (Å²) in [5.74, 6) is -0.823. The van der Waals surface area contributed by atoms with Gasteiger partial charge in [0.15, 0.2) is 0 Å². The third kappa shape index (κ3) is 10.1. The van der Waals surface area contributed by atoms with Crippen LogP contribution in [0.3, 0.4) is 0 Å². The Bertz CT molecular complexity index is 1340. The first kappa shape index (κ1) is 30.7. The molecule has 12 heteroatoms. The van der Waals surface area contributed by atoms with Crippen molar-refractivity contribution in [2.24, 2.45) is 0 Å². The van der Waals surface area contributed by atoms with Gasteiger partial charge in [0.25, 0.3) is 0 Å². The number of unbranched alkanes of at least 4 members (excludes halogenated alkanes) is 2. The Hall–Kier alpha value is -3.80. The van der Waals surface area contributed by atoms with E-state index in [9.17, 15) is 14.0 Å². The van der Waals surface area contributed by atoms with E-state index in [2.05, 4.69) is 20.6 Å². The summed E-state index contributed by atoms with van der Waals surface area (Å²) >= 11 is 5.92. The SMILES string of the molecule is CN(C)C/C=C/C(=O)Nc1cc2c(Nc3ccc(F)c(Cl)c3)ncnc2cc1OCCOCCCCCC(=O)O. The number of ether oxygens (including phenoxy) is 2. The van der Waals surface area contributed by atoms with Crippen LogP contribution < -0.4 is 15.4 Å². The molecule has 0 saturated carbocycles. The molecular weight excluding hydrogens is 541 g/mol. The Kier molecular flexibility index (Phi) is 12.1. The summed E-state index contributed by atoms with van der Waals surface area (Å²) in [4.78, 5) is 33.8. The molecule has 3 rings (SSSR count). The van der Waals surface area contributed by atoms with E-state index in [1.807, 2.05) is 19.0 Å². The molecule has 1 aromatic heterocycles. The fourth-order valence-electron chi connectivity index (χ4n) is 3.63. The number of halogens is 2. The summed E-state index contributed by atoms with van der Waals surface area (Å²) in [6.45, 7) is 1.64. The lowest BCUT2D eigenvalue weighted by Crippen LogP contribution is -2.14. The lowest BCUT2D eigenvalue weighted by atomic mass is 10.1. The zero-order valence-corrected chi connectivity index (χ0v) is 23.2. The molecule has 0 unspecified atom stereocenters. The van der Waals surface area contributed by atoms with Crippen LogP contribution in [-0.2, 0) is 14.3 Å². The molecule has 0 bridgehead atoms. The maximum Gasteiger partial charge on any atom is 0.303 e. The van der Waals surface area contributed by atoms with E-state index in [1.165, 1.54) is 30.6 Å². The summed E-state index contributed by atoms with van der Waals surface area (Å²) in [7, 11) is 3.80. The maximum atomic E-state index is 13.6. The number of fused-ring (bicyclic) bond motifs is 1. The molecule has 0 aliphatic rings. The van der Waals surface area contributed by atoms with Crippen molar-refractivity contribution < 1.29 is 28.6 Å². The molecular formula is C28H33ClFN5O5. The summed E-state index contributed by atoms with van der Waals surface area (Å²) in [5, 5.41) is 15.2. The Morgan fingerprint density at radius 2 is 1.93 bits per heavy atom. The Morgan fingerprint density at radius 1 is 1.10 bits per heavy atom. The number of rotatable bonds is 16. The summed E-state index contributed by atoms with van der Waals surface area (Å²) in [6, 6.07) is 7.65. The second kappa shape index (κ2) is 15.7. The highest BCUT2D eigenvalue weighted by molar-refractivity contribution is 6.31. The van der Waals surface area contributed by atoms with Crippen molar-refractivity contribution in [3.05, 3.63) is 59.7 Å². The van der Waals surface area contributed by atoms with Crippen molar-refractivity contribution in [1.29, 1.82) is 0 Å². The van der Waals surface area contributed by atoms with Gasteiger partial charge in [0.05, 0.1) is 22.8 Å². The molecule has 1 heterocycles. The minimum atomic E-state index is -0.797. The van der Waals surface area contributed by atoms with Crippen molar-refractivity contribution in [2.75, 3.05) is 51.1 Å². The first-order valence-electron chi connectivity index (χ1n) is 12.8. The number of hydrogen-bond acceptors (Lipinski definition) is 8. The number of carbonyl (C=O) groups excluding carboxylic acids is 1. The van der Waals surface area contributed by atoms with Gasteiger partial charge in [-0.15, -0.1) is 0 Å². The Balaban J connectivity index is 1.75. The van der Waals surface area contributed by atoms with Crippen molar-refractivity contribution in [3.63, 3.8) is 0 Å². The van der Waals surface area contributed by atoms with E-state index in [-0.39, 0.29) is 24.0 Å². The first-order valence-corrected chi connectivity index (χ1v) is 13.2. The number of carboxylic acids is 1. The predicted molar refractivity (Wildman–Crippen MR) is 153 cm³/mol. The predicted octanol–water partition coefficient (Wildman–Crippen LogP) is 5.26. The third-order valence-corrected chi connectivity index (χ3v) is 5.87. The topological polar surface area (TPSA) is 126 Å². The minimum Gasteiger partial charge on any atom is -0.489 e. The Morgan fingerprint density at radius 3 is 2.67 bits per heavy atom. The number of hydrogen-bond donors (Lipinski definition) is 3. The fourth-order valence-corrected chi connectivity index (χ4v) is 3.81. The van der Waals surface area contributed by atoms with Crippen molar-refractivity contribution >= 4 is 51.6 Å². The molecule has 0 spiro atoms. The van der Waals surface area contributed by atoms with Gasteiger partial charge < -0.3 is 30.1 Å². The van der Waals surface area contributed by atoms with E-state index < -0.39 is 11.8 Å². The molecule has 214 valence electrons. The van der Waals surface area contributed by atoms with Crippen LogP contribution in [-0.4, -0.2) is 72.3 Å². The normalized spacial score (nSPS) is 11.3. The molecule has 0 aliphatic heterocycles. The van der Waals surface area contributed by atoms with Crippen LogP contribution in [0.25, 0.3) is 10.9 Å². The van der Waals surface area contributed by atoms with Crippen LogP contribution in [0.5, 0.6) is 5.75 Å². The fraction of sp³-hybridized carbons (Fsp3) is 0.357. The van der Waals surface area contributed by atoms with Gasteiger partial charge in [-0.05, 0) is 51.2 Å². The average Bonchev–Trinajstić information content (AvgIpc) is 2.90. The smallest absolute Gasteiger partial charge is 0.303 e. The number of amides is 1. The van der Waals surface area contributed by atoms with Gasteiger partial charge in [-0.2, -0.15) is 0 Å². The molecule has 0 atom stereocenters. The van der Waals surface area contributed by atoms with E-state index in [1.54, 1.807) is 18.2 Å². The highest BCUT2D eigenvalue weighted by Crippen LogP contribution is 2.34. The first-order chi connectivity index (χ1) is 19.2. The standard InChI is InChI=1S/C28H33ClFN5O5/c1-35(2)11-6-7-26(36)34-24-16-20-23(17-25(24)40-14-13-39-12-5-3-4-8-27(37)38)31-18-32-28(20)33-19-9-10-22(30)21(29)15-19/h6-7,9-10,15-18H,3-5,8,11-14H2,1-2H3,(H,34,36)(H,37,38)(H,31,32,33)/b7-6+. The molecule has 0 aliphatic carbocycles. The van der Waals surface area contributed by atoms with Crippen molar-refractivity contribution in [3.8, 4) is 5.75 Å². The number of nitrogens with one attached hydrogen (secondary N) is 2. The van der Waals surface area contributed by atoms with Crippen LogP contribution in [0.2, 0.25) is 5.02 Å². The van der Waals surface area contributed by atoms with Crippen LogP contribution in [0.1, 0.15) is 25.7 Å². The molecule has 0 fully saturated rings. The number of anilines is 3. The minimum absolute atomic E-state index is 0.0287. The molecule has 0 radical (unpaired) electrons. The van der Waals surface area contributed by atoms with Crippen LogP contribution in [0, 0.1) is 5.82 Å². The Labute approximate surface area is 237 Å². The monoisotopic (exact) mass is 573 g/mol. The molecule has 2 aromatic carbocycles. The van der Waals surface area contributed by atoms with Crippen LogP contribution in [0.4, 0.5) is 21.6 Å². The average molecular weight is 574 g/mol. The van der Waals surface area contributed by atoms with Crippen molar-refractivity contribution in [2.45, 2.75) is 25.7 Å². The van der Waals surface area contributed by atoms with Crippen molar-refractivity contribution in [1.82, 2.24) is 14.9 Å². The van der Waals surface area contributed by atoms with Gasteiger partial charge in [0.1, 0.15) is 30.3 Å². The highest BCUT2D eigenvalue weighted by atomic mass is 35.5. The zero-order chi connectivity index (χ0) is 28.9. The van der Waals surface area contributed by atoms with Gasteiger partial charge in [0.2, 0.25) is 5.91 Å². The maximum absolute atomic E-state index is 13.6. The number of likely N-dealkylation sites (N-methyl/N-ethyl adjacent to an activating group) is 1. The highest BCUT2D eigenvalue weighted by Gasteiger charge is 2.14. The number of aliphatic carboxylic acids is 1. The lowest BCUT2D eigenvalue weighted by molar-refractivity contribution is -0.137. The van der Waals surface area contributed by atoms with E-state index in [0.717, 1.165) is 12.8 Å². The van der Waals surface area contributed by atoms with E-state index >= 15 is 0 Å². The van der Waals surface area contributed by atoms with Gasteiger partial charge in [0, 0.05) is 42.8 Å². The lowest BCUT2D eigenvalue weighted by Gasteiger charge is -2.15. The second-order valence-corrected chi connectivity index (χ2v) is 9.57. The quantitative estimate of drug-likeness (QED) is 0.155. The summed E-state index contributed by atoms with van der Waals surface area (Å²) in [6.07, 6.45) is 6.88. The number of carbonyl (C=O) groups is 2. The third-order valence-electron chi connectivity index (χ3n) is 5.58. The van der Waals surface area contributed by atoms with Gasteiger partial charge in [-0.1, -0.05) is 24.1 Å². The van der Waals surface area contributed by atoms with Crippen LogP contribution in [0.15, 0.2) is 48.8 Å². The van der Waals surface area contributed by atoms with E-state index in [4.69, 9.17) is 26.2 Å². The molecule has 3 aromatic rings. The number of carboxylic acid groups (broad SMARTS) is 1. The second-order valence-electron chi connectivity index (χ2n) is 9.16. The van der Waals surface area contributed by atoms with Crippen LogP contribution >= 0.6 is 11.6 Å². The number of aromatic nitrogens is 2. The van der Waals surface area contributed by atoms with Gasteiger partial charge in [-0.25, -0.2) is 14.4 Å².